The molecular weight excluding hydrogens is 1560 g/mol. The van der Waals surface area contributed by atoms with Crippen molar-refractivity contribution in [3.05, 3.63) is 33.4 Å². The minimum Gasteiger partial charge on any atom is -0.393 e. The lowest BCUT2D eigenvalue weighted by atomic mass is 9.48. The monoisotopic (exact) mass is 1720 g/mol. The van der Waals surface area contributed by atoms with Crippen molar-refractivity contribution in [2.75, 3.05) is 54.2 Å². The largest absolute Gasteiger partial charge is 0.393 e. The summed E-state index contributed by atoms with van der Waals surface area (Å²) in [7, 11) is 3.31. The molecule has 0 amide bonds. The van der Waals surface area contributed by atoms with Gasteiger partial charge in [0.15, 0.2) is 28.9 Å². The van der Waals surface area contributed by atoms with Gasteiger partial charge in [0.05, 0.1) is 62.2 Å². The number of Topliss-reactive ketones (excluding diaryl/α,β-unsaturated/α-hetero) is 11. The van der Waals surface area contributed by atoms with E-state index in [1.54, 1.807) is 35.0 Å². The van der Waals surface area contributed by atoms with Crippen LogP contribution in [-0.4, -0.2) is 164 Å². The Kier molecular flexibility index (Phi) is 34.4. The fourth-order valence-corrected chi connectivity index (χ4v) is 25.9. The Morgan fingerprint density at radius 1 is 0.390 bits per heavy atom. The minimum absolute atomic E-state index is 0.0160. The van der Waals surface area contributed by atoms with Crippen molar-refractivity contribution in [2.24, 2.45) is 77.8 Å². The fraction of sp³-hybridized carbons (Fsp3) is 0.833. The number of carbonyl (C=O) groups is 11. The van der Waals surface area contributed by atoms with Crippen molar-refractivity contribution in [3.63, 3.8) is 0 Å². The lowest BCUT2D eigenvalue weighted by molar-refractivity contribution is -0.297. The topological polar surface area (TPSA) is 302 Å². The molecule has 2 N–H and O–H groups in total. The highest BCUT2D eigenvalue weighted by atomic mass is 16.7. The molecule has 2 heterocycles. The van der Waals surface area contributed by atoms with Gasteiger partial charge in [-0.25, -0.2) is 0 Å². The number of ether oxygens (including phenoxy) is 8. The standard InChI is InChI=1S/C15H26O3.C15H24O3.C15H26O3.C14H22O3.C12H18O3.C12H18O2.C12H16O2.C7H10O2/c2*1-13(2)11-5-4-6-12(16)14(11,3)7-8-15(13)17-9-10-18-15;1-14(2)11-6-5-7-13(18-10-17-4)15(11,3)9-8-12(14)16;1-10-11-5-4-6-13(17-9-16-3)14(11,2)8-7-12(10)15;1-3-9(13)7-8-12(2)10(14)5-4-6-11(12)15;2*1-8-9-4-3-5-11(14)12(9,2)7-6-10(8)13;1-5-6(8)3-2-4-7(5)9/h11-12,16H,4-10H2,1-3H3;11H,4-10H2,1-3H3;11,13H,5-10H2,1-4H3;13H,4-9H2,1-3H3;3-8H2,1-2H3;11,14H,3-7H2,1-2H3;3-7H2,1-2H3;5H,2-4H2,1H3/t11-,12-,14-;11-,14-;11-,13-,15-;13-,14-;;11-,12-;12-;/m0000.00./s1. The Labute approximate surface area is 737 Å². The minimum atomic E-state index is -0.872. The van der Waals surface area contributed by atoms with E-state index in [1.165, 1.54) is 17.6 Å². The molecule has 0 aromatic carbocycles. The van der Waals surface area contributed by atoms with Crippen LogP contribution in [0.5, 0.6) is 0 Å². The molecule has 2 spiro atoms. The molecule has 14 aliphatic carbocycles. The maximum atomic E-state index is 12.4. The number of ketones is 11. The number of hydrogen-bond acceptors (Lipinski definition) is 21. The average molecular weight is 1720 g/mol. The van der Waals surface area contributed by atoms with E-state index in [9.17, 15) is 63.0 Å². The normalized spacial score (nSPS) is 35.6. The van der Waals surface area contributed by atoms with E-state index in [0.29, 0.717) is 151 Å². The Bertz CT molecular complexity index is 3900. The fourth-order valence-electron chi connectivity index (χ4n) is 25.9. The predicted molar refractivity (Wildman–Crippen MR) is 471 cm³/mol. The lowest BCUT2D eigenvalue weighted by Gasteiger charge is -2.61. The van der Waals surface area contributed by atoms with E-state index in [0.717, 1.165) is 196 Å². The molecule has 13 fully saturated rings. The van der Waals surface area contributed by atoms with Gasteiger partial charge in [-0.3, -0.25) is 52.7 Å². The summed E-state index contributed by atoms with van der Waals surface area (Å²) in [5.74, 6) is 2.65. The van der Waals surface area contributed by atoms with Crippen LogP contribution >= 0.6 is 0 Å². The molecule has 11 saturated carbocycles. The molecule has 2 aliphatic heterocycles. The van der Waals surface area contributed by atoms with E-state index < -0.39 is 17.0 Å². The summed E-state index contributed by atoms with van der Waals surface area (Å²) in [6.07, 6.45) is 32.9. The number of methoxy groups -OCH3 is 2. The van der Waals surface area contributed by atoms with Crippen LogP contribution in [0.1, 0.15) is 375 Å². The van der Waals surface area contributed by atoms with Gasteiger partial charge in [-0.2, -0.15) is 0 Å². The van der Waals surface area contributed by atoms with Gasteiger partial charge in [-0.05, 0) is 235 Å². The highest BCUT2D eigenvalue weighted by molar-refractivity contribution is 6.09. The molecular formula is C102H160O21. The van der Waals surface area contributed by atoms with Gasteiger partial charge in [-0.1, -0.05) is 113 Å². The molecule has 0 radical (unpaired) electrons. The van der Waals surface area contributed by atoms with Crippen molar-refractivity contribution in [1.82, 2.24) is 0 Å². The summed E-state index contributed by atoms with van der Waals surface area (Å²) in [5.41, 5.74) is 5.00. The summed E-state index contributed by atoms with van der Waals surface area (Å²) in [5, 5.41) is 20.5. The lowest BCUT2D eigenvalue weighted by Crippen LogP contribution is -2.62. The van der Waals surface area contributed by atoms with Gasteiger partial charge in [0.25, 0.3) is 0 Å². The Morgan fingerprint density at radius 3 is 1.38 bits per heavy atom. The molecule has 16 aliphatic rings. The van der Waals surface area contributed by atoms with E-state index >= 15 is 0 Å². The first kappa shape index (κ1) is 102. The van der Waals surface area contributed by atoms with Gasteiger partial charge in [0.2, 0.25) is 0 Å². The number of aliphatic hydroxyl groups is 2. The summed E-state index contributed by atoms with van der Waals surface area (Å²) in [6, 6.07) is 0. The SMILES string of the molecule is CC1(C)[C@@H]2CCCC(=O)[C@@]2(C)CCC12OCCO2.CC1(C)[C@@H]2CCC[C@H](O)[C@@]2(C)CCC12OCCO2.CC1=C2CCCC(=O)[C@@]2(C)CCC1=O.CC1=C2CCC[C@H](O)[C@@]2(C)CCC1=O.CC1C(=O)CCCC1=O.CCC(=O)CCC1(C)C(=O)CCCC1=O.COCO[C@H]1CCCC2=C(C)C(=O)CC[C@@]21C.COCO[C@H]1CCC[C@H]2C(C)(C)C(=O)CC[C@]12C. The van der Waals surface area contributed by atoms with E-state index in [-0.39, 0.29) is 120 Å². The third kappa shape index (κ3) is 20.8. The second-order valence-electron chi connectivity index (χ2n) is 42.6. The Balaban J connectivity index is 0.000000160. The number of hydrogen-bond donors (Lipinski definition) is 2. The van der Waals surface area contributed by atoms with Crippen LogP contribution in [0.4, 0.5) is 0 Å². The first-order valence-electron chi connectivity index (χ1n) is 47.8. The summed E-state index contributed by atoms with van der Waals surface area (Å²) < 4.78 is 45.8. The zero-order valence-corrected chi connectivity index (χ0v) is 79.6. The highest BCUT2D eigenvalue weighted by Crippen LogP contribution is 2.65. The first-order valence-corrected chi connectivity index (χ1v) is 47.8. The maximum absolute atomic E-state index is 12.4. The van der Waals surface area contributed by atoms with Gasteiger partial charge < -0.3 is 48.1 Å². The molecule has 16 rings (SSSR count). The predicted octanol–water partition coefficient (Wildman–Crippen LogP) is 19.3. The van der Waals surface area contributed by atoms with Crippen molar-refractivity contribution < 1.29 is 101 Å². The molecule has 0 unspecified atom stereocenters. The number of rotatable bonds is 10. The van der Waals surface area contributed by atoms with Crippen LogP contribution < -0.4 is 0 Å². The van der Waals surface area contributed by atoms with Crippen LogP contribution in [0.25, 0.3) is 0 Å². The average Bonchev–Trinajstić information content (AvgIpc) is 1.71. The van der Waals surface area contributed by atoms with Crippen molar-refractivity contribution >= 4 is 63.6 Å². The van der Waals surface area contributed by atoms with Crippen LogP contribution in [0.2, 0.25) is 0 Å². The molecule has 13 atom stereocenters. The Hall–Kier alpha value is -4.81. The van der Waals surface area contributed by atoms with Gasteiger partial charge in [0, 0.05) is 142 Å². The van der Waals surface area contributed by atoms with Gasteiger partial charge in [0.1, 0.15) is 59.9 Å². The van der Waals surface area contributed by atoms with Crippen LogP contribution in [-0.2, 0) is 90.6 Å². The molecule has 123 heavy (non-hydrogen) atoms. The molecule has 0 aromatic heterocycles. The van der Waals surface area contributed by atoms with E-state index in [1.807, 2.05) is 27.7 Å². The van der Waals surface area contributed by atoms with Crippen LogP contribution in [0, 0.1) is 77.8 Å². The number of aliphatic hydroxyl groups excluding tert-OH is 2. The molecule has 2 saturated heterocycles. The van der Waals surface area contributed by atoms with E-state index in [4.69, 9.17) is 37.9 Å². The van der Waals surface area contributed by atoms with Crippen molar-refractivity contribution in [1.29, 1.82) is 0 Å². The summed E-state index contributed by atoms with van der Waals surface area (Å²) in [6.45, 7) is 40.9. The molecule has 0 aromatic rings. The number of allylic oxidation sites excluding steroid dienone is 4. The second kappa shape index (κ2) is 41.5. The highest BCUT2D eigenvalue weighted by Gasteiger charge is 2.66. The summed E-state index contributed by atoms with van der Waals surface area (Å²) >= 11 is 0. The third-order valence-corrected chi connectivity index (χ3v) is 34.8. The van der Waals surface area contributed by atoms with Gasteiger partial charge in [-0.15, -0.1) is 0 Å². The van der Waals surface area contributed by atoms with E-state index in [2.05, 4.69) is 76.2 Å². The third-order valence-electron chi connectivity index (χ3n) is 34.8. The zero-order chi connectivity index (χ0) is 90.9. The molecule has 694 valence electrons. The number of carbonyl (C=O) groups excluding carboxylic acids is 11. The quantitative estimate of drug-likeness (QED) is 0.152. The second-order valence-corrected chi connectivity index (χ2v) is 42.6. The molecule has 21 nitrogen and oxygen atoms in total. The van der Waals surface area contributed by atoms with Crippen molar-refractivity contribution in [2.45, 2.75) is 411 Å². The molecule has 21 heteroatoms. The van der Waals surface area contributed by atoms with Crippen LogP contribution in [0.3, 0.4) is 0 Å². The molecule has 0 bridgehead atoms. The number of fused-ring (bicyclic) bond motifs is 6. The maximum Gasteiger partial charge on any atom is 0.173 e. The summed E-state index contributed by atoms with van der Waals surface area (Å²) in [4.78, 5) is 127. The Morgan fingerprint density at radius 2 is 0.821 bits per heavy atom. The van der Waals surface area contributed by atoms with Gasteiger partial charge >= 0.3 is 0 Å². The first-order chi connectivity index (χ1) is 57.7. The van der Waals surface area contributed by atoms with Crippen molar-refractivity contribution in [3.8, 4) is 0 Å². The smallest absolute Gasteiger partial charge is 0.173 e. The zero-order valence-electron chi connectivity index (χ0n) is 79.6. The van der Waals surface area contributed by atoms with Crippen LogP contribution in [0.15, 0.2) is 33.4 Å².